The van der Waals surface area contributed by atoms with Gasteiger partial charge in [-0.25, -0.2) is 28.8 Å². The van der Waals surface area contributed by atoms with Gasteiger partial charge in [0.05, 0.1) is 23.2 Å². The van der Waals surface area contributed by atoms with Gasteiger partial charge in [0.15, 0.2) is 11.6 Å². The lowest BCUT2D eigenvalue weighted by Gasteiger charge is -2.39. The minimum Gasteiger partial charge on any atom is -0.481 e. The lowest BCUT2D eigenvalue weighted by atomic mass is 9.89. The molecule has 10 amide bonds. The zero-order valence-electron chi connectivity index (χ0n) is 83.0. The van der Waals surface area contributed by atoms with Crippen LogP contribution >= 0.6 is 0 Å². The maximum atomic E-state index is 14.6. The molecule has 8 atom stereocenters. The van der Waals surface area contributed by atoms with Crippen molar-refractivity contribution < 1.29 is 117 Å². The normalized spacial score (nSPS) is 16.8. The summed E-state index contributed by atoms with van der Waals surface area (Å²) >= 11 is 0. The molecule has 2 bridgehead atoms. The van der Waals surface area contributed by atoms with Crippen molar-refractivity contribution in [2.75, 3.05) is 91.6 Å². The number of nitrogens with one attached hydrogen (secondary N) is 16. The van der Waals surface area contributed by atoms with E-state index in [1.807, 2.05) is 121 Å². The van der Waals surface area contributed by atoms with E-state index in [0.29, 0.717) is 182 Å². The molecule has 3 aliphatic rings. The number of hydrogen-bond donors (Lipinski definition) is 22. The number of Topliss-reactive ketones (excluding diaryl/α,β-unsaturated/α-hetero) is 4. The number of amides is 10. The predicted molar refractivity (Wildman–Crippen MR) is 538 cm³/mol. The second-order valence-electron chi connectivity index (χ2n) is 37.7. The first-order chi connectivity index (χ1) is 69.3. The molecule has 0 aromatic heterocycles. The third-order valence-corrected chi connectivity index (χ3v) is 25.4. The van der Waals surface area contributed by atoms with Gasteiger partial charge in [-0.3, -0.25) is 57.5 Å². The molecule has 0 saturated carbocycles. The quantitative estimate of drug-likeness (QED) is 0.0233. The summed E-state index contributed by atoms with van der Waals surface area (Å²) in [5, 5.41) is 104. The molecule has 0 spiro atoms. The van der Waals surface area contributed by atoms with Crippen molar-refractivity contribution in [2.24, 2.45) is 11.8 Å². The van der Waals surface area contributed by atoms with Crippen LogP contribution in [0.3, 0.4) is 0 Å². The summed E-state index contributed by atoms with van der Waals surface area (Å²) in [5.74, 6) is -12.1. The SMILES string of the molecule is O=C(O)CCC(NC(=O)NC(CCCCCC(=O)CCCCCCCNC(=O)C(CC(=O)C(Cc1ccccc1)NC(=O)CCCC(=O)NC12CNCCNCC(NC(=O)CCCC(=O)NC(Cc3ccccc3)C(=O)CC(Cc3ccccc3)C(=O)NCCCCCCCC(=O)CCCCCC(NC(=O)NC(CCC(=O)O)C(=O)O)C(=O)O)(CNCCNC1)CNCCNC2)Cc1ccccc1)C(=O)O)C(=O)O. The lowest BCUT2D eigenvalue weighted by molar-refractivity contribution is -0.142. The molecule has 7 rings (SSSR count). The Morgan fingerprint density at radius 1 is 0.264 bits per heavy atom. The number of rotatable bonds is 70. The molecular weight excluding hydrogens is 1860 g/mol. The highest BCUT2D eigenvalue weighted by Gasteiger charge is 2.37. The van der Waals surface area contributed by atoms with Crippen LogP contribution in [-0.2, 0) is 102 Å². The molecule has 0 radical (unpaired) electrons. The Morgan fingerprint density at radius 2 is 0.521 bits per heavy atom. The molecule has 3 fully saturated rings. The number of unbranched alkanes of at least 4 members (excludes halogenated alkanes) is 12. The summed E-state index contributed by atoms with van der Waals surface area (Å²) in [4.78, 5) is 232. The average Bonchev–Trinajstić information content (AvgIpc) is 0.843. The molecule has 40 nitrogen and oxygen atoms in total. The first-order valence-electron chi connectivity index (χ1n) is 51.0. The van der Waals surface area contributed by atoms with Gasteiger partial charge in [0.25, 0.3) is 0 Å². The van der Waals surface area contributed by atoms with E-state index < -0.39 is 132 Å². The van der Waals surface area contributed by atoms with Crippen LogP contribution < -0.4 is 85.1 Å². The van der Waals surface area contributed by atoms with E-state index in [0.717, 1.165) is 60.8 Å². The Labute approximate surface area is 842 Å². The highest BCUT2D eigenvalue weighted by atomic mass is 16.4. The van der Waals surface area contributed by atoms with Crippen molar-refractivity contribution in [2.45, 2.75) is 291 Å². The van der Waals surface area contributed by atoms with Gasteiger partial charge in [0, 0.05) is 181 Å². The minimum absolute atomic E-state index is 0.00584. The number of urea groups is 2. The van der Waals surface area contributed by atoms with Crippen molar-refractivity contribution in [1.82, 2.24) is 85.1 Å². The van der Waals surface area contributed by atoms with Gasteiger partial charge < -0.3 is 116 Å². The van der Waals surface area contributed by atoms with E-state index in [4.69, 9.17) is 10.2 Å². The van der Waals surface area contributed by atoms with E-state index in [1.165, 1.54) is 0 Å². The summed E-state index contributed by atoms with van der Waals surface area (Å²) < 4.78 is 0. The fourth-order valence-electron chi connectivity index (χ4n) is 17.4. The van der Waals surface area contributed by atoms with Crippen LogP contribution in [0.4, 0.5) is 9.59 Å². The lowest BCUT2D eigenvalue weighted by Crippen LogP contribution is -2.68. The second-order valence-corrected chi connectivity index (χ2v) is 37.7. The molecule has 4 aromatic rings. The summed E-state index contributed by atoms with van der Waals surface area (Å²) in [7, 11) is 0. The minimum atomic E-state index is -1.52. The molecule has 4 aromatic carbocycles. The van der Waals surface area contributed by atoms with Crippen molar-refractivity contribution in [3.63, 3.8) is 0 Å². The molecular formula is C104H154N16O24. The van der Waals surface area contributed by atoms with E-state index in [2.05, 4.69) is 85.1 Å². The number of carbonyl (C=O) groups is 18. The van der Waals surface area contributed by atoms with Gasteiger partial charge in [0.2, 0.25) is 35.4 Å². The van der Waals surface area contributed by atoms with Crippen molar-refractivity contribution >= 4 is 106 Å². The molecule has 3 saturated heterocycles. The summed E-state index contributed by atoms with van der Waals surface area (Å²) in [6, 6.07) is 27.5. The number of fused-ring (bicyclic) bond motifs is 15. The van der Waals surface area contributed by atoms with Crippen LogP contribution in [0.25, 0.3) is 0 Å². The molecule has 3 aliphatic heterocycles. The summed E-state index contributed by atoms with van der Waals surface area (Å²) in [6.07, 6.45) is 10.6. The van der Waals surface area contributed by atoms with E-state index >= 15 is 0 Å². The van der Waals surface area contributed by atoms with Gasteiger partial charge in [-0.1, -0.05) is 186 Å². The third kappa shape index (κ3) is 52.1. The fourth-order valence-corrected chi connectivity index (χ4v) is 17.4. The molecule has 22 N–H and O–H groups in total. The first-order valence-corrected chi connectivity index (χ1v) is 51.0. The Hall–Kier alpha value is -12.5. The Morgan fingerprint density at radius 3 is 0.806 bits per heavy atom. The molecule has 144 heavy (non-hydrogen) atoms. The van der Waals surface area contributed by atoms with Gasteiger partial charge in [-0.2, -0.15) is 0 Å². The Bertz CT molecular complexity index is 4330. The Balaban J connectivity index is 0.915. The predicted octanol–water partition coefficient (Wildman–Crippen LogP) is 5.79. The van der Waals surface area contributed by atoms with Crippen molar-refractivity contribution in [3.8, 4) is 0 Å². The van der Waals surface area contributed by atoms with Crippen molar-refractivity contribution in [3.05, 3.63) is 144 Å². The van der Waals surface area contributed by atoms with Crippen LogP contribution in [0.2, 0.25) is 0 Å². The van der Waals surface area contributed by atoms with Crippen LogP contribution in [0.1, 0.15) is 241 Å². The van der Waals surface area contributed by atoms with Gasteiger partial charge in [0.1, 0.15) is 35.7 Å². The molecule has 794 valence electrons. The topological polar surface area (TPSA) is 621 Å². The third-order valence-electron chi connectivity index (χ3n) is 25.4. The highest BCUT2D eigenvalue weighted by molar-refractivity contribution is 5.95. The number of ketones is 4. The number of carboxylic acids is 6. The molecule has 0 aliphatic carbocycles. The fraction of sp³-hybridized carbons (Fsp3) is 0.596. The highest BCUT2D eigenvalue weighted by Crippen LogP contribution is 2.23. The zero-order chi connectivity index (χ0) is 105. The maximum absolute atomic E-state index is 14.6. The maximum Gasteiger partial charge on any atom is 0.326 e. The summed E-state index contributed by atoms with van der Waals surface area (Å²) in [5.41, 5.74) is 1.68. The van der Waals surface area contributed by atoms with Crippen LogP contribution in [0, 0.1) is 11.8 Å². The number of benzene rings is 4. The monoisotopic (exact) mass is 2010 g/mol. The standard InChI is InChI=1S/C104H154N16O24/c121-79(41-23-11-25-43-81(97(135)136)115-101(143)117-83(99(139)140)49-51-93(129)130)39-21-3-1-5-27-53-111-95(133)77(61-73-31-13-7-14-32-73)65-87(123)85(63-75-35-17-9-18-36-75)113-89(125)45-29-47-91(127)119-103-67-105-55-58-108-70-104(71-109-59-56-106-68-103,72-110-60-57-107-69-103)120-92(128)48-30-46-90(126)114-86(64-76-37-19-10-20-38-76)88(124)66-78(62-74-33-15-8-16-34-74)96(134)112-54-28-6-2-4-22-40-80(122)42-24-12-26-44-82(98(137)138)116-102(144)118-84(100(141)142)50-52-94(131)132/h7-10,13-20,31-38,77-78,81-86,105-110H,1-6,11-12,21-30,39-72H2,(H,111,133)(H,112,134)(H,113,125)(H,114,126)(H,119,127)(H,120,128)(H,129,130)(H,131,132)(H,135,136)(H,137,138)(H,139,140)(H,141,142)(H2,115,117,143)(H2,116,118,144). The molecule has 3 heterocycles. The average molecular weight is 2010 g/mol. The molecule has 40 heteroatoms. The van der Waals surface area contributed by atoms with Crippen LogP contribution in [0.15, 0.2) is 121 Å². The number of aliphatic carboxylic acids is 6. The van der Waals surface area contributed by atoms with E-state index in [9.17, 15) is 107 Å². The summed E-state index contributed by atoms with van der Waals surface area (Å²) in [6.45, 7) is 5.84. The van der Waals surface area contributed by atoms with Crippen LogP contribution in [-0.4, -0.2) is 276 Å². The molecule has 8 unspecified atom stereocenters. The first kappa shape index (κ1) is 120. The van der Waals surface area contributed by atoms with E-state index in [1.54, 1.807) is 0 Å². The Kier molecular flexibility index (Phi) is 58.0. The second kappa shape index (κ2) is 69.5. The number of hydrogen-bond acceptors (Lipinski definition) is 24. The smallest absolute Gasteiger partial charge is 0.326 e. The number of carboxylic acid groups (broad SMARTS) is 6. The largest absolute Gasteiger partial charge is 0.481 e. The van der Waals surface area contributed by atoms with Gasteiger partial charge in [-0.15, -0.1) is 0 Å². The van der Waals surface area contributed by atoms with E-state index in [-0.39, 0.29) is 149 Å². The van der Waals surface area contributed by atoms with Crippen molar-refractivity contribution in [1.29, 1.82) is 0 Å². The zero-order valence-corrected chi connectivity index (χ0v) is 83.0. The van der Waals surface area contributed by atoms with Gasteiger partial charge >= 0.3 is 47.9 Å². The van der Waals surface area contributed by atoms with Crippen LogP contribution in [0.5, 0.6) is 0 Å². The number of carbonyl (C=O) groups excluding carboxylic acids is 12. The van der Waals surface area contributed by atoms with Gasteiger partial charge in [-0.05, 0) is 125 Å².